The number of hydrogen-bond donors (Lipinski definition) is 1. The highest BCUT2D eigenvalue weighted by Crippen LogP contribution is 2.49. The van der Waals surface area contributed by atoms with E-state index in [-0.39, 0.29) is 78.1 Å². The third kappa shape index (κ3) is 13.3. The fourth-order valence-electron chi connectivity index (χ4n) is 9.92. The molecule has 4 aliphatic rings. The van der Waals surface area contributed by atoms with E-state index in [1.807, 2.05) is 58.0 Å². The molecule has 4 amide bonds. The van der Waals surface area contributed by atoms with E-state index in [2.05, 4.69) is 5.32 Å². The number of nitrogens with one attached hydrogen (secondary N) is 1. The standard InChI is InChI=1S/C31H38F3N3O4S.C22H28F3NO2S/c1-20(2)37(22-13-9-6-10-14-22)27(38)23-17-25-26(18-24(23)31(32,33)34)42-30(3,4)28(39)36(25)16-15-35-29(40)41-19-21-11-7-5-8-12-21;1-13(2)26(15-8-6-5-7-9-15)20(28)16-10-14-11-19(27)21(3,4)29-18(14)12-17(16)22(23,24)25/h5,7-8,11-12,17-18,20,22H,6,9-10,13-16,19H2,1-4H3,(H,35,40);10,12-13,15H,5-9,11H2,1-4H3. The van der Waals surface area contributed by atoms with Crippen molar-refractivity contribution in [2.75, 3.05) is 18.0 Å². The maximum atomic E-state index is 14.4. The van der Waals surface area contributed by atoms with Crippen LogP contribution in [-0.2, 0) is 39.7 Å². The van der Waals surface area contributed by atoms with Crippen molar-refractivity contribution in [2.45, 2.75) is 188 Å². The zero-order chi connectivity index (χ0) is 52.2. The Hall–Kier alpha value is -4.71. The van der Waals surface area contributed by atoms with Crippen LogP contribution < -0.4 is 10.2 Å². The molecule has 2 fully saturated rings. The number of amides is 4. The molecule has 3 aromatic carbocycles. The largest absolute Gasteiger partial charge is 0.445 e. The molecular formula is C53H66F6N4O6S2. The molecule has 388 valence electrons. The molecule has 0 saturated heterocycles. The Balaban J connectivity index is 0.000000249. The van der Waals surface area contributed by atoms with Gasteiger partial charge >= 0.3 is 18.4 Å². The van der Waals surface area contributed by atoms with Gasteiger partial charge in [-0.25, -0.2) is 4.79 Å². The molecule has 10 nitrogen and oxygen atoms in total. The average Bonchev–Trinajstić information content (AvgIpc) is 3.29. The van der Waals surface area contributed by atoms with E-state index in [0.29, 0.717) is 10.5 Å². The topological polar surface area (TPSA) is 116 Å². The fourth-order valence-corrected chi connectivity index (χ4v) is 12.3. The smallest absolute Gasteiger partial charge is 0.417 e. The zero-order valence-electron chi connectivity index (χ0n) is 41.8. The van der Waals surface area contributed by atoms with Gasteiger partial charge in [-0.1, -0.05) is 68.9 Å². The number of ketones is 1. The molecule has 18 heteroatoms. The second-order valence-corrected chi connectivity index (χ2v) is 23.7. The quantitative estimate of drug-likeness (QED) is 0.189. The summed E-state index contributed by atoms with van der Waals surface area (Å²) < 4.78 is 88.4. The molecule has 0 spiro atoms. The Morgan fingerprint density at radius 2 is 1.18 bits per heavy atom. The van der Waals surface area contributed by atoms with Gasteiger partial charge in [-0.3, -0.25) is 19.2 Å². The first-order chi connectivity index (χ1) is 33.2. The second-order valence-electron chi connectivity index (χ2n) is 20.3. The van der Waals surface area contributed by atoms with Crippen LogP contribution >= 0.6 is 23.5 Å². The molecule has 0 aromatic heterocycles. The predicted octanol–water partition coefficient (Wildman–Crippen LogP) is 12.9. The first kappa shape index (κ1) is 55.6. The minimum Gasteiger partial charge on any atom is -0.445 e. The summed E-state index contributed by atoms with van der Waals surface area (Å²) in [4.78, 5) is 70.7. The minimum atomic E-state index is -4.77. The number of carbonyl (C=O) groups is 5. The van der Waals surface area contributed by atoms with Crippen LogP contribution in [0.5, 0.6) is 0 Å². The van der Waals surface area contributed by atoms with Crippen LogP contribution in [0.4, 0.5) is 36.8 Å². The lowest BCUT2D eigenvalue weighted by atomic mass is 9.91. The number of alkyl halides is 6. The number of carbonyl (C=O) groups excluding carboxylic acids is 5. The van der Waals surface area contributed by atoms with Crippen molar-refractivity contribution in [1.82, 2.24) is 15.1 Å². The van der Waals surface area contributed by atoms with E-state index < -0.39 is 56.4 Å². The van der Waals surface area contributed by atoms with Gasteiger partial charge in [0.25, 0.3) is 11.8 Å². The summed E-state index contributed by atoms with van der Waals surface area (Å²) in [6.07, 6.45) is -0.949. The molecule has 1 N–H and O–H groups in total. The van der Waals surface area contributed by atoms with Crippen LogP contribution in [0, 0.1) is 0 Å². The number of ether oxygens (including phenoxy) is 1. The lowest BCUT2D eigenvalue weighted by Gasteiger charge is -2.40. The maximum Gasteiger partial charge on any atom is 0.417 e. The van der Waals surface area contributed by atoms with E-state index >= 15 is 0 Å². The fraction of sp³-hybridized carbons (Fsp3) is 0.566. The average molecular weight is 1030 g/mol. The van der Waals surface area contributed by atoms with Gasteiger partial charge in [-0.2, -0.15) is 26.3 Å². The van der Waals surface area contributed by atoms with Crippen molar-refractivity contribution in [2.24, 2.45) is 0 Å². The van der Waals surface area contributed by atoms with Crippen LogP contribution in [0.25, 0.3) is 0 Å². The lowest BCUT2D eigenvalue weighted by Crippen LogP contribution is -2.49. The summed E-state index contributed by atoms with van der Waals surface area (Å²) in [5, 5.41) is 2.61. The van der Waals surface area contributed by atoms with Crippen LogP contribution in [0.2, 0.25) is 0 Å². The molecule has 0 atom stereocenters. The first-order valence-electron chi connectivity index (χ1n) is 24.5. The SMILES string of the molecule is CC(C)N(C(=O)c1cc2c(cc1C(F)(F)F)SC(C)(C)C(=O)C2)C1CCCCC1.CC(C)N(C(=O)c1cc2c(cc1C(F)(F)F)SC(C)(C)C(=O)N2CCNC(=O)OCc1ccccc1)C1CCCCC1. The number of hydrogen-bond acceptors (Lipinski definition) is 8. The molecule has 2 aliphatic heterocycles. The lowest BCUT2D eigenvalue weighted by molar-refractivity contribution is -0.139. The maximum absolute atomic E-state index is 14.4. The number of benzene rings is 3. The van der Waals surface area contributed by atoms with Crippen molar-refractivity contribution in [3.8, 4) is 0 Å². The number of fused-ring (bicyclic) bond motifs is 2. The van der Waals surface area contributed by atoms with Gasteiger partial charge in [0, 0.05) is 53.5 Å². The highest BCUT2D eigenvalue weighted by Gasteiger charge is 2.46. The van der Waals surface area contributed by atoms with E-state index in [1.54, 1.807) is 37.5 Å². The monoisotopic (exact) mass is 1030 g/mol. The van der Waals surface area contributed by atoms with Crippen molar-refractivity contribution >= 4 is 58.8 Å². The van der Waals surface area contributed by atoms with Crippen LogP contribution in [0.1, 0.15) is 163 Å². The van der Waals surface area contributed by atoms with Crippen LogP contribution in [-0.4, -0.2) is 86.1 Å². The summed E-state index contributed by atoms with van der Waals surface area (Å²) in [6, 6.07) is 13.1. The third-order valence-electron chi connectivity index (χ3n) is 13.5. The Morgan fingerprint density at radius 3 is 1.68 bits per heavy atom. The molecule has 7 rings (SSSR count). The Kier molecular flexibility index (Phi) is 17.7. The normalized spacial score (nSPS) is 18.3. The van der Waals surface area contributed by atoms with Crippen LogP contribution in [0.3, 0.4) is 0 Å². The highest BCUT2D eigenvalue weighted by molar-refractivity contribution is 8.02. The minimum absolute atomic E-state index is 0.00401. The summed E-state index contributed by atoms with van der Waals surface area (Å²) in [7, 11) is 0. The Labute approximate surface area is 421 Å². The first-order valence-corrected chi connectivity index (χ1v) is 26.2. The number of anilines is 1. The van der Waals surface area contributed by atoms with Gasteiger partial charge in [0.2, 0.25) is 5.91 Å². The Morgan fingerprint density at radius 1 is 0.704 bits per heavy atom. The predicted molar refractivity (Wildman–Crippen MR) is 265 cm³/mol. The van der Waals surface area contributed by atoms with E-state index in [9.17, 15) is 50.3 Å². The number of thioether (sulfide) groups is 2. The van der Waals surface area contributed by atoms with Gasteiger partial charge < -0.3 is 24.8 Å². The van der Waals surface area contributed by atoms with E-state index in [4.69, 9.17) is 4.74 Å². The number of halogens is 6. The molecule has 2 heterocycles. The number of nitrogens with zero attached hydrogens (tertiary/aromatic N) is 3. The zero-order valence-corrected chi connectivity index (χ0v) is 43.4. The summed E-state index contributed by atoms with van der Waals surface area (Å²) in [5.74, 6) is -1.63. The molecule has 71 heavy (non-hydrogen) atoms. The molecule has 0 unspecified atom stereocenters. The number of Topliss-reactive ketones (excluding diaryl/α,β-unsaturated/α-hetero) is 1. The Bertz CT molecular complexity index is 2430. The van der Waals surface area contributed by atoms with Gasteiger partial charge in [0.15, 0.2) is 5.78 Å². The summed E-state index contributed by atoms with van der Waals surface area (Å²) in [5.41, 5.74) is -1.14. The van der Waals surface area contributed by atoms with Gasteiger partial charge in [0.1, 0.15) is 6.61 Å². The third-order valence-corrected chi connectivity index (χ3v) is 16.1. The van der Waals surface area contributed by atoms with Crippen molar-refractivity contribution in [1.29, 1.82) is 0 Å². The molecule has 2 aliphatic carbocycles. The molecule has 0 bridgehead atoms. The van der Waals surface area contributed by atoms with Gasteiger partial charge in [-0.15, -0.1) is 23.5 Å². The molecular weight excluding hydrogens is 967 g/mol. The highest BCUT2D eigenvalue weighted by atomic mass is 32.2. The van der Waals surface area contributed by atoms with Crippen molar-refractivity contribution in [3.63, 3.8) is 0 Å². The van der Waals surface area contributed by atoms with Gasteiger partial charge in [0.05, 0.1) is 37.4 Å². The second kappa shape index (κ2) is 22.6. The van der Waals surface area contributed by atoms with Crippen molar-refractivity contribution in [3.05, 3.63) is 88.0 Å². The van der Waals surface area contributed by atoms with Crippen molar-refractivity contribution < 1.29 is 55.1 Å². The van der Waals surface area contributed by atoms with Gasteiger partial charge in [-0.05, 0) is 116 Å². The van der Waals surface area contributed by atoms with E-state index in [1.165, 1.54) is 17.0 Å². The summed E-state index contributed by atoms with van der Waals surface area (Å²) >= 11 is 2.18. The molecule has 2 saturated carbocycles. The molecule has 0 radical (unpaired) electrons. The van der Waals surface area contributed by atoms with Crippen LogP contribution in [0.15, 0.2) is 64.4 Å². The van der Waals surface area contributed by atoms with E-state index in [0.717, 1.165) is 105 Å². The number of alkyl carbamates (subject to hydrolysis) is 1. The number of rotatable bonds is 11. The molecule has 3 aromatic rings. The summed E-state index contributed by atoms with van der Waals surface area (Å²) in [6.45, 7) is 14.1.